The number of hydrogen-bond donors (Lipinski definition) is 2. The predicted octanol–water partition coefficient (Wildman–Crippen LogP) is 2.45. The smallest absolute Gasteiger partial charge is 0.316 e. The number of aromatic amines is 1. The van der Waals surface area contributed by atoms with E-state index in [4.69, 9.17) is 0 Å². The molecule has 22 heavy (non-hydrogen) atoms. The van der Waals surface area contributed by atoms with Gasteiger partial charge in [-0.3, -0.25) is 4.57 Å². The third-order valence-corrected chi connectivity index (χ3v) is 4.53. The van der Waals surface area contributed by atoms with Crippen LogP contribution in [0.15, 0.2) is 53.3 Å². The summed E-state index contributed by atoms with van der Waals surface area (Å²) in [7, 11) is 0. The first-order valence-corrected chi connectivity index (χ1v) is 7.79. The van der Waals surface area contributed by atoms with Gasteiger partial charge in [-0.1, -0.05) is 42.5 Å². The highest BCUT2D eigenvalue weighted by atomic mass is 16.1. The summed E-state index contributed by atoms with van der Waals surface area (Å²) in [4.78, 5) is 15.5. The van der Waals surface area contributed by atoms with E-state index in [9.17, 15) is 4.79 Å². The van der Waals surface area contributed by atoms with Crippen LogP contribution >= 0.6 is 0 Å². The van der Waals surface area contributed by atoms with Gasteiger partial charge in [0.25, 0.3) is 0 Å². The highest BCUT2D eigenvalue weighted by molar-refractivity contribution is 5.79. The lowest BCUT2D eigenvalue weighted by Crippen LogP contribution is -2.17. The Kier molecular flexibility index (Phi) is 3.31. The van der Waals surface area contributed by atoms with Gasteiger partial charge in [0.2, 0.25) is 0 Å². The second-order valence-corrected chi connectivity index (χ2v) is 5.93. The minimum absolute atomic E-state index is 0.0303. The fourth-order valence-corrected chi connectivity index (χ4v) is 3.39. The monoisotopic (exact) mass is 293 g/mol. The first-order valence-electron chi connectivity index (χ1n) is 7.79. The number of benzene rings is 2. The van der Waals surface area contributed by atoms with Crippen LogP contribution in [-0.2, 0) is 6.54 Å². The lowest BCUT2D eigenvalue weighted by atomic mass is 9.97. The van der Waals surface area contributed by atoms with E-state index < -0.39 is 0 Å². The molecule has 4 heteroatoms. The van der Waals surface area contributed by atoms with Crippen molar-refractivity contribution < 1.29 is 0 Å². The first-order chi connectivity index (χ1) is 10.8. The Labute approximate surface area is 128 Å². The van der Waals surface area contributed by atoms with Gasteiger partial charge in [0.15, 0.2) is 0 Å². The Morgan fingerprint density at radius 1 is 1.09 bits per heavy atom. The third kappa shape index (κ3) is 2.25. The maximum Gasteiger partial charge on any atom is 0.326 e. The van der Waals surface area contributed by atoms with Gasteiger partial charge in [-0.25, -0.2) is 4.79 Å². The zero-order chi connectivity index (χ0) is 14.9. The van der Waals surface area contributed by atoms with E-state index >= 15 is 0 Å². The Morgan fingerprint density at radius 2 is 1.95 bits per heavy atom. The van der Waals surface area contributed by atoms with E-state index in [0.29, 0.717) is 12.5 Å². The van der Waals surface area contributed by atoms with Crippen LogP contribution in [0.25, 0.3) is 11.0 Å². The van der Waals surface area contributed by atoms with Crippen LogP contribution in [0.2, 0.25) is 0 Å². The van der Waals surface area contributed by atoms with Crippen LogP contribution in [0, 0.1) is 0 Å². The third-order valence-electron chi connectivity index (χ3n) is 4.53. The minimum atomic E-state index is -0.0303. The van der Waals surface area contributed by atoms with Crippen molar-refractivity contribution in [2.45, 2.75) is 18.9 Å². The van der Waals surface area contributed by atoms with Gasteiger partial charge < -0.3 is 10.3 Å². The van der Waals surface area contributed by atoms with Gasteiger partial charge in [-0.05, 0) is 36.1 Å². The number of aromatic nitrogens is 2. The van der Waals surface area contributed by atoms with Crippen LogP contribution in [-0.4, -0.2) is 22.6 Å². The molecule has 112 valence electrons. The molecule has 2 aromatic carbocycles. The van der Waals surface area contributed by atoms with Crippen molar-refractivity contribution >= 4 is 11.0 Å². The van der Waals surface area contributed by atoms with Crippen LogP contribution in [0.5, 0.6) is 0 Å². The lowest BCUT2D eigenvalue weighted by Gasteiger charge is -2.10. The van der Waals surface area contributed by atoms with Crippen molar-refractivity contribution in [2.24, 2.45) is 0 Å². The normalized spacial score (nSPS) is 18.1. The molecule has 0 saturated carbocycles. The lowest BCUT2D eigenvalue weighted by molar-refractivity contribution is 0.768. The number of imidazole rings is 1. The number of rotatable bonds is 3. The van der Waals surface area contributed by atoms with Crippen LogP contribution < -0.4 is 11.0 Å². The quantitative estimate of drug-likeness (QED) is 0.779. The highest BCUT2D eigenvalue weighted by Crippen LogP contribution is 2.28. The van der Waals surface area contributed by atoms with Crippen molar-refractivity contribution in [3.05, 3.63) is 70.1 Å². The minimum Gasteiger partial charge on any atom is -0.316 e. The van der Waals surface area contributed by atoms with Crippen molar-refractivity contribution in [1.82, 2.24) is 14.9 Å². The van der Waals surface area contributed by atoms with E-state index in [1.165, 1.54) is 5.56 Å². The van der Waals surface area contributed by atoms with E-state index in [2.05, 4.69) is 34.6 Å². The van der Waals surface area contributed by atoms with Gasteiger partial charge in [0.1, 0.15) is 0 Å². The summed E-state index contributed by atoms with van der Waals surface area (Å²) >= 11 is 0. The molecule has 1 atom stereocenters. The molecule has 2 N–H and O–H groups in total. The number of nitrogens with zero attached hydrogens (tertiary/aromatic N) is 1. The summed E-state index contributed by atoms with van der Waals surface area (Å²) in [6.45, 7) is 2.65. The molecule has 4 rings (SSSR count). The molecular weight excluding hydrogens is 274 g/mol. The second kappa shape index (κ2) is 5.46. The van der Waals surface area contributed by atoms with Gasteiger partial charge in [-0.2, -0.15) is 0 Å². The van der Waals surface area contributed by atoms with E-state index in [-0.39, 0.29) is 5.69 Å². The summed E-state index contributed by atoms with van der Waals surface area (Å²) in [5.41, 5.74) is 4.36. The highest BCUT2D eigenvalue weighted by Gasteiger charge is 2.20. The Morgan fingerprint density at radius 3 is 2.73 bits per heavy atom. The second-order valence-electron chi connectivity index (χ2n) is 5.93. The number of fused-ring (bicyclic) bond motifs is 1. The van der Waals surface area contributed by atoms with E-state index in [0.717, 1.165) is 36.1 Å². The van der Waals surface area contributed by atoms with Gasteiger partial charge in [0.05, 0.1) is 17.6 Å². The van der Waals surface area contributed by atoms with Gasteiger partial charge >= 0.3 is 5.69 Å². The maximum absolute atomic E-state index is 12.4. The molecule has 3 aromatic rings. The van der Waals surface area contributed by atoms with Crippen LogP contribution in [0.3, 0.4) is 0 Å². The fraction of sp³-hybridized carbons (Fsp3) is 0.278. The summed E-state index contributed by atoms with van der Waals surface area (Å²) in [6, 6.07) is 16.3. The van der Waals surface area contributed by atoms with E-state index in [1.807, 2.05) is 28.8 Å². The summed E-state index contributed by atoms with van der Waals surface area (Å²) in [5.74, 6) is 0.493. The van der Waals surface area contributed by atoms with Gasteiger partial charge in [0, 0.05) is 6.54 Å². The number of H-pyrrole nitrogens is 1. The largest absolute Gasteiger partial charge is 0.326 e. The summed E-state index contributed by atoms with van der Waals surface area (Å²) < 4.78 is 1.83. The molecule has 0 spiro atoms. The zero-order valence-corrected chi connectivity index (χ0v) is 12.4. The Balaban J connectivity index is 1.81. The molecule has 0 radical (unpaired) electrons. The SMILES string of the molecule is O=c1[nH]c2c(C3CCNC3)cccc2n1Cc1ccccc1. The summed E-state index contributed by atoms with van der Waals surface area (Å²) in [5, 5.41) is 3.40. The van der Waals surface area contributed by atoms with Crippen LogP contribution in [0.1, 0.15) is 23.5 Å². The molecule has 0 bridgehead atoms. The molecule has 0 amide bonds. The Hall–Kier alpha value is -2.33. The molecular formula is C18H19N3O. The molecule has 1 aromatic heterocycles. The molecule has 1 aliphatic heterocycles. The first kappa shape index (κ1) is 13.3. The zero-order valence-electron chi connectivity index (χ0n) is 12.4. The average Bonchev–Trinajstić information content (AvgIpc) is 3.17. The van der Waals surface area contributed by atoms with Crippen molar-refractivity contribution in [2.75, 3.05) is 13.1 Å². The Bertz CT molecular complexity index is 842. The standard InChI is InChI=1S/C18H19N3O/c22-18-20-17-15(14-9-10-19-11-14)7-4-8-16(17)21(18)12-13-5-2-1-3-6-13/h1-8,14,19H,9-12H2,(H,20,22). The van der Waals surface area contributed by atoms with Crippen molar-refractivity contribution in [1.29, 1.82) is 0 Å². The topological polar surface area (TPSA) is 49.8 Å². The maximum atomic E-state index is 12.4. The fourth-order valence-electron chi connectivity index (χ4n) is 3.39. The van der Waals surface area contributed by atoms with Crippen LogP contribution in [0.4, 0.5) is 0 Å². The molecule has 1 saturated heterocycles. The number of hydrogen-bond acceptors (Lipinski definition) is 2. The van der Waals surface area contributed by atoms with E-state index in [1.54, 1.807) is 0 Å². The molecule has 2 heterocycles. The molecule has 1 unspecified atom stereocenters. The molecule has 4 nitrogen and oxygen atoms in total. The van der Waals surface area contributed by atoms with Crippen molar-refractivity contribution in [3.8, 4) is 0 Å². The van der Waals surface area contributed by atoms with Gasteiger partial charge in [-0.15, -0.1) is 0 Å². The summed E-state index contributed by atoms with van der Waals surface area (Å²) in [6.07, 6.45) is 1.13. The molecule has 1 aliphatic rings. The number of nitrogens with one attached hydrogen (secondary N) is 2. The average molecular weight is 293 g/mol. The predicted molar refractivity (Wildman–Crippen MR) is 88.3 cm³/mol. The number of para-hydroxylation sites is 1. The molecule has 0 aliphatic carbocycles. The molecule has 1 fully saturated rings. The van der Waals surface area contributed by atoms with Crippen molar-refractivity contribution in [3.63, 3.8) is 0 Å².